The summed E-state index contributed by atoms with van der Waals surface area (Å²) in [6, 6.07) is 0. The van der Waals surface area contributed by atoms with Crippen LogP contribution in [0.25, 0.3) is 0 Å². The summed E-state index contributed by atoms with van der Waals surface area (Å²) in [5.41, 5.74) is 1.75. The number of nitrogens with zero attached hydrogens (tertiary/aromatic N) is 2. The van der Waals surface area contributed by atoms with Crippen LogP contribution < -0.4 is 5.32 Å². The molecule has 0 atom stereocenters. The van der Waals surface area contributed by atoms with Crippen molar-refractivity contribution < 1.29 is 19.2 Å². The molecule has 0 saturated heterocycles. The van der Waals surface area contributed by atoms with Gasteiger partial charge in [-0.2, -0.15) is 0 Å². The predicted octanol–water partition coefficient (Wildman–Crippen LogP) is 1.70. The predicted molar refractivity (Wildman–Crippen MR) is 75.2 cm³/mol. The van der Waals surface area contributed by atoms with Gasteiger partial charge < -0.3 is 14.9 Å². The maximum absolute atomic E-state index is 11.8. The van der Waals surface area contributed by atoms with Gasteiger partial charge in [-0.15, -0.1) is 11.3 Å². The lowest BCUT2D eigenvalue weighted by molar-refractivity contribution is -0.121. The van der Waals surface area contributed by atoms with E-state index in [-0.39, 0.29) is 18.1 Å². The van der Waals surface area contributed by atoms with Crippen LogP contribution in [0.4, 0.5) is 0 Å². The minimum atomic E-state index is -1.07. The van der Waals surface area contributed by atoms with Gasteiger partial charge >= 0.3 is 5.97 Å². The zero-order valence-electron chi connectivity index (χ0n) is 11.7. The highest BCUT2D eigenvalue weighted by molar-refractivity contribution is 7.09. The van der Waals surface area contributed by atoms with E-state index >= 15 is 0 Å². The smallest absolute Gasteiger partial charge is 0.355 e. The topological polar surface area (TPSA) is 105 Å². The molecule has 2 N–H and O–H groups in total. The number of carboxylic acid groups (broad SMARTS) is 1. The standard InChI is InChI=1S/C13H15N3O4S/c1-7-9(8(2)20-16-7)3-4-11(17)14-5-12-15-10(6-21-12)13(18)19/h6H,3-5H2,1-2H3,(H,14,17)(H,18,19). The Bertz CT molecular complexity index is 643. The van der Waals surface area contributed by atoms with E-state index in [4.69, 9.17) is 9.63 Å². The van der Waals surface area contributed by atoms with Crippen LogP contribution in [0.15, 0.2) is 9.90 Å². The molecule has 112 valence electrons. The molecule has 2 heterocycles. The van der Waals surface area contributed by atoms with Crippen molar-refractivity contribution in [1.82, 2.24) is 15.5 Å². The first kappa shape index (κ1) is 15.2. The molecule has 0 saturated carbocycles. The number of nitrogens with one attached hydrogen (secondary N) is 1. The Morgan fingerprint density at radius 1 is 1.43 bits per heavy atom. The number of hydrogen-bond donors (Lipinski definition) is 2. The van der Waals surface area contributed by atoms with E-state index in [0.717, 1.165) is 17.0 Å². The second kappa shape index (κ2) is 6.49. The van der Waals surface area contributed by atoms with Gasteiger partial charge in [0.2, 0.25) is 5.91 Å². The quantitative estimate of drug-likeness (QED) is 0.841. The molecule has 0 bridgehead atoms. The van der Waals surface area contributed by atoms with Crippen LogP contribution >= 0.6 is 11.3 Å². The molecule has 0 radical (unpaired) electrons. The fraction of sp³-hybridized carbons (Fsp3) is 0.385. The van der Waals surface area contributed by atoms with Crippen LogP contribution in [0, 0.1) is 13.8 Å². The number of aryl methyl sites for hydroxylation is 2. The summed E-state index contributed by atoms with van der Waals surface area (Å²) in [4.78, 5) is 26.4. The molecule has 7 nitrogen and oxygen atoms in total. The van der Waals surface area contributed by atoms with Crippen molar-refractivity contribution in [3.8, 4) is 0 Å². The fourth-order valence-electron chi connectivity index (χ4n) is 1.85. The van der Waals surface area contributed by atoms with Crippen molar-refractivity contribution in [1.29, 1.82) is 0 Å². The average Bonchev–Trinajstić information content (AvgIpc) is 3.03. The molecule has 0 spiro atoms. The molecule has 21 heavy (non-hydrogen) atoms. The lowest BCUT2D eigenvalue weighted by atomic mass is 10.1. The van der Waals surface area contributed by atoms with Gasteiger partial charge in [-0.1, -0.05) is 5.16 Å². The summed E-state index contributed by atoms with van der Waals surface area (Å²) in [6.07, 6.45) is 0.880. The van der Waals surface area contributed by atoms with E-state index in [1.165, 1.54) is 16.7 Å². The summed E-state index contributed by atoms with van der Waals surface area (Å²) in [7, 11) is 0. The second-order valence-corrected chi connectivity index (χ2v) is 5.45. The molecule has 0 aliphatic rings. The highest BCUT2D eigenvalue weighted by Crippen LogP contribution is 2.14. The molecule has 0 unspecified atom stereocenters. The maximum atomic E-state index is 11.8. The highest BCUT2D eigenvalue weighted by atomic mass is 32.1. The van der Waals surface area contributed by atoms with Crippen molar-refractivity contribution >= 4 is 23.2 Å². The van der Waals surface area contributed by atoms with Crippen molar-refractivity contribution in [2.75, 3.05) is 0 Å². The van der Waals surface area contributed by atoms with Gasteiger partial charge in [-0.3, -0.25) is 4.79 Å². The van der Waals surface area contributed by atoms with Gasteiger partial charge in [-0.05, 0) is 20.3 Å². The van der Waals surface area contributed by atoms with Crippen molar-refractivity contribution in [2.45, 2.75) is 33.2 Å². The lowest BCUT2D eigenvalue weighted by Crippen LogP contribution is -2.23. The fourth-order valence-corrected chi connectivity index (χ4v) is 2.56. The van der Waals surface area contributed by atoms with E-state index in [1.807, 2.05) is 13.8 Å². The Morgan fingerprint density at radius 3 is 2.76 bits per heavy atom. The Balaban J connectivity index is 1.81. The molecular weight excluding hydrogens is 294 g/mol. The molecule has 0 aliphatic carbocycles. The largest absolute Gasteiger partial charge is 0.476 e. The van der Waals surface area contributed by atoms with Gasteiger partial charge in [0.15, 0.2) is 5.69 Å². The summed E-state index contributed by atoms with van der Waals surface area (Å²) in [5, 5.41) is 17.3. The first-order valence-electron chi connectivity index (χ1n) is 6.33. The number of thiazole rings is 1. The molecule has 2 rings (SSSR count). The third-order valence-corrected chi connectivity index (χ3v) is 3.84. The van der Waals surface area contributed by atoms with Gasteiger partial charge in [-0.25, -0.2) is 9.78 Å². The van der Waals surface area contributed by atoms with Crippen LogP contribution in [0.3, 0.4) is 0 Å². The second-order valence-electron chi connectivity index (χ2n) is 4.51. The van der Waals surface area contributed by atoms with Gasteiger partial charge in [0.05, 0.1) is 12.2 Å². The summed E-state index contributed by atoms with van der Waals surface area (Å²) in [5.74, 6) is -0.462. The van der Waals surface area contributed by atoms with Crippen LogP contribution in [-0.2, 0) is 17.8 Å². The molecular formula is C13H15N3O4S. The van der Waals surface area contributed by atoms with E-state index < -0.39 is 5.97 Å². The molecule has 0 aliphatic heterocycles. The monoisotopic (exact) mass is 309 g/mol. The van der Waals surface area contributed by atoms with Gasteiger partial charge in [0, 0.05) is 17.4 Å². The number of carbonyl (C=O) groups is 2. The Morgan fingerprint density at radius 2 is 2.19 bits per heavy atom. The highest BCUT2D eigenvalue weighted by Gasteiger charge is 2.12. The van der Waals surface area contributed by atoms with E-state index in [0.29, 0.717) is 17.8 Å². The number of carboxylic acids is 1. The number of carbonyl (C=O) groups excluding carboxylic acids is 1. The summed E-state index contributed by atoms with van der Waals surface area (Å²) >= 11 is 1.21. The van der Waals surface area contributed by atoms with Gasteiger partial charge in [0.1, 0.15) is 10.8 Å². The van der Waals surface area contributed by atoms with E-state index in [9.17, 15) is 9.59 Å². The molecule has 0 fully saturated rings. The first-order valence-corrected chi connectivity index (χ1v) is 7.21. The average molecular weight is 309 g/mol. The Kier molecular flexibility index (Phi) is 4.69. The number of amides is 1. The minimum Gasteiger partial charge on any atom is -0.476 e. The van der Waals surface area contributed by atoms with Crippen molar-refractivity contribution in [2.24, 2.45) is 0 Å². The zero-order valence-corrected chi connectivity index (χ0v) is 12.5. The van der Waals surface area contributed by atoms with Crippen LogP contribution in [0.1, 0.15) is 38.9 Å². The Labute approximate surface area is 125 Å². The van der Waals surface area contributed by atoms with Crippen LogP contribution in [0.2, 0.25) is 0 Å². The third kappa shape index (κ3) is 3.88. The number of aromatic nitrogens is 2. The molecule has 1 amide bonds. The first-order chi connectivity index (χ1) is 9.97. The minimum absolute atomic E-state index is 0.0000277. The van der Waals surface area contributed by atoms with Crippen molar-refractivity contribution in [3.05, 3.63) is 33.1 Å². The molecule has 8 heteroatoms. The summed E-state index contributed by atoms with van der Waals surface area (Å²) in [6.45, 7) is 3.89. The zero-order chi connectivity index (χ0) is 15.4. The third-order valence-electron chi connectivity index (χ3n) is 2.99. The lowest BCUT2D eigenvalue weighted by Gasteiger charge is -2.03. The molecule has 0 aromatic carbocycles. The molecule has 2 aromatic rings. The van der Waals surface area contributed by atoms with E-state index in [2.05, 4.69) is 15.5 Å². The molecule has 2 aromatic heterocycles. The normalized spacial score (nSPS) is 10.6. The van der Waals surface area contributed by atoms with Crippen LogP contribution in [-0.4, -0.2) is 27.1 Å². The maximum Gasteiger partial charge on any atom is 0.355 e. The van der Waals surface area contributed by atoms with E-state index in [1.54, 1.807) is 0 Å². The summed E-state index contributed by atoms with van der Waals surface area (Å²) < 4.78 is 5.04. The number of hydrogen-bond acceptors (Lipinski definition) is 6. The van der Waals surface area contributed by atoms with Crippen LogP contribution in [0.5, 0.6) is 0 Å². The Hall–Kier alpha value is -2.22. The SMILES string of the molecule is Cc1noc(C)c1CCC(=O)NCc1nc(C(=O)O)cs1. The number of rotatable bonds is 6. The number of aromatic carboxylic acids is 1. The van der Waals surface area contributed by atoms with Crippen molar-refractivity contribution in [3.63, 3.8) is 0 Å². The van der Waals surface area contributed by atoms with Gasteiger partial charge in [0.25, 0.3) is 0 Å².